The normalized spacial score (nSPS) is 14.6. The Morgan fingerprint density at radius 3 is 2.65 bits per heavy atom. The second kappa shape index (κ2) is 11.2. The van der Waals surface area contributed by atoms with Gasteiger partial charge in [0.25, 0.3) is 0 Å². The van der Waals surface area contributed by atoms with Crippen molar-refractivity contribution in [2.75, 3.05) is 19.8 Å². The number of benzene rings is 1. The molecule has 0 aliphatic carbocycles. The summed E-state index contributed by atoms with van der Waals surface area (Å²) >= 11 is 3.59. The van der Waals surface area contributed by atoms with Crippen LogP contribution in [0.5, 0.6) is 0 Å². The van der Waals surface area contributed by atoms with Crippen LogP contribution in [0.1, 0.15) is 56.0 Å². The number of rotatable bonds is 8. The van der Waals surface area contributed by atoms with E-state index in [0.29, 0.717) is 6.42 Å². The molecule has 1 atom stereocenters. The lowest BCUT2D eigenvalue weighted by Gasteiger charge is -2.22. The first-order valence-electron chi connectivity index (χ1n) is 12.0. The van der Waals surface area contributed by atoms with Gasteiger partial charge in [-0.1, -0.05) is 22.0 Å². The van der Waals surface area contributed by atoms with Crippen molar-refractivity contribution in [3.8, 4) is 5.69 Å². The number of aliphatic imine (C=N–C) groups is 1. The summed E-state index contributed by atoms with van der Waals surface area (Å²) < 4.78 is 18.4. The van der Waals surface area contributed by atoms with Crippen LogP contribution < -0.4 is 0 Å². The van der Waals surface area contributed by atoms with E-state index >= 15 is 0 Å². The second-order valence-corrected chi connectivity index (χ2v) is 10.2. The zero-order chi connectivity index (χ0) is 26.6. The number of aromatic nitrogens is 3. The number of esters is 1. The Morgan fingerprint density at radius 2 is 1.92 bits per heavy atom. The van der Waals surface area contributed by atoms with Crippen LogP contribution in [0, 0.1) is 12.3 Å². The van der Waals surface area contributed by atoms with Gasteiger partial charge in [0, 0.05) is 34.5 Å². The van der Waals surface area contributed by atoms with Gasteiger partial charge in [-0.25, -0.2) is 9.78 Å². The summed E-state index contributed by atoms with van der Waals surface area (Å²) in [4.78, 5) is 38.6. The highest BCUT2D eigenvalue weighted by molar-refractivity contribution is 9.10. The molecule has 0 saturated carbocycles. The highest BCUT2D eigenvalue weighted by atomic mass is 79.9. The predicted octanol–water partition coefficient (Wildman–Crippen LogP) is 5.36. The minimum Gasteiger partial charge on any atom is -0.465 e. The summed E-state index contributed by atoms with van der Waals surface area (Å²) in [5.41, 5.74) is 3.29. The fourth-order valence-electron chi connectivity index (χ4n) is 4.00. The van der Waals surface area contributed by atoms with Gasteiger partial charge in [0.1, 0.15) is 18.5 Å². The Balaban J connectivity index is 1.59. The predicted molar refractivity (Wildman–Crippen MR) is 141 cm³/mol. The molecule has 2 aromatic heterocycles. The molecule has 0 bridgehead atoms. The van der Waals surface area contributed by atoms with E-state index < -0.39 is 17.5 Å². The molecular weight excluding hydrogens is 540 g/mol. The van der Waals surface area contributed by atoms with Crippen LogP contribution in [0.4, 0.5) is 4.79 Å². The zero-order valence-corrected chi connectivity index (χ0v) is 22.8. The van der Waals surface area contributed by atoms with Crippen LogP contribution in [0.3, 0.4) is 0 Å². The van der Waals surface area contributed by atoms with Gasteiger partial charge in [-0.05, 0) is 58.0 Å². The molecule has 37 heavy (non-hydrogen) atoms. The molecule has 3 heterocycles. The Morgan fingerprint density at radius 1 is 1.11 bits per heavy atom. The number of fused-ring (bicyclic) bond motifs is 3. The molecular formula is C27H29BrN4O5. The lowest BCUT2D eigenvalue weighted by molar-refractivity contribution is -0.156. The molecule has 9 nitrogen and oxygen atoms in total. The Kier molecular flexibility index (Phi) is 8.06. The molecule has 0 fully saturated rings. The van der Waals surface area contributed by atoms with E-state index in [1.165, 1.54) is 0 Å². The molecule has 0 N–H and O–H groups in total. The zero-order valence-electron chi connectivity index (χ0n) is 21.2. The van der Waals surface area contributed by atoms with Gasteiger partial charge < -0.3 is 14.2 Å². The highest BCUT2D eigenvalue weighted by Gasteiger charge is 2.33. The number of carbonyl (C=O) groups is 2. The molecule has 4 rings (SSSR count). The molecule has 0 unspecified atom stereocenters. The van der Waals surface area contributed by atoms with Crippen molar-refractivity contribution in [1.29, 1.82) is 0 Å². The van der Waals surface area contributed by atoms with Gasteiger partial charge in [-0.15, -0.1) is 0 Å². The first-order chi connectivity index (χ1) is 17.7. The van der Waals surface area contributed by atoms with E-state index in [2.05, 4.69) is 30.5 Å². The number of nitrogens with zero attached hydrogens (tertiary/aromatic N) is 4. The molecule has 194 valence electrons. The quantitative estimate of drug-likeness (QED) is 0.336. The Labute approximate surface area is 224 Å². The van der Waals surface area contributed by atoms with Gasteiger partial charge in [0.15, 0.2) is 0 Å². The third-order valence-electron chi connectivity index (χ3n) is 5.90. The highest BCUT2D eigenvalue weighted by Crippen LogP contribution is 2.34. The first-order valence-corrected chi connectivity index (χ1v) is 12.8. The number of carbonyl (C=O) groups excluding carboxylic acids is 2. The number of halogens is 1. The van der Waals surface area contributed by atoms with Crippen LogP contribution in [0.15, 0.2) is 58.3 Å². The third-order valence-corrected chi connectivity index (χ3v) is 6.39. The molecule has 1 aliphatic rings. The monoisotopic (exact) mass is 568 g/mol. The van der Waals surface area contributed by atoms with Crippen LogP contribution in [-0.2, 0) is 19.0 Å². The van der Waals surface area contributed by atoms with Gasteiger partial charge in [-0.3, -0.25) is 19.3 Å². The van der Waals surface area contributed by atoms with Crippen molar-refractivity contribution in [2.45, 2.75) is 40.2 Å². The van der Waals surface area contributed by atoms with Crippen molar-refractivity contribution in [3.63, 3.8) is 0 Å². The largest absolute Gasteiger partial charge is 0.508 e. The summed E-state index contributed by atoms with van der Waals surface area (Å²) in [5.74, 6) is 0.277. The number of hydrogen-bond donors (Lipinski definition) is 0. The number of imidazole rings is 1. The summed E-state index contributed by atoms with van der Waals surface area (Å²) in [5, 5.41) is 0. The number of hydrogen-bond acceptors (Lipinski definition) is 8. The summed E-state index contributed by atoms with van der Waals surface area (Å²) in [6, 6.07) is 11.4. The summed E-state index contributed by atoms with van der Waals surface area (Å²) in [6.45, 7) is 7.14. The van der Waals surface area contributed by atoms with E-state index in [0.717, 1.165) is 38.6 Å². The van der Waals surface area contributed by atoms with Gasteiger partial charge >= 0.3 is 12.1 Å². The van der Waals surface area contributed by atoms with Gasteiger partial charge in [-0.2, -0.15) is 0 Å². The molecule has 3 aromatic rings. The Bertz CT molecular complexity index is 1320. The lowest BCUT2D eigenvalue weighted by atomic mass is 9.95. The van der Waals surface area contributed by atoms with E-state index in [1.807, 2.05) is 49.5 Å². The van der Waals surface area contributed by atoms with Crippen LogP contribution >= 0.6 is 15.9 Å². The number of pyridine rings is 1. The van der Waals surface area contributed by atoms with E-state index in [9.17, 15) is 9.59 Å². The second-order valence-electron chi connectivity index (χ2n) is 9.24. The third kappa shape index (κ3) is 5.90. The maximum atomic E-state index is 12.8. The first kappa shape index (κ1) is 26.5. The van der Waals surface area contributed by atoms with Crippen molar-refractivity contribution >= 4 is 33.8 Å². The van der Waals surface area contributed by atoms with Crippen molar-refractivity contribution in [1.82, 2.24) is 14.5 Å². The molecule has 1 aromatic carbocycles. The van der Waals surface area contributed by atoms with Crippen LogP contribution in [0.2, 0.25) is 0 Å². The maximum absolute atomic E-state index is 12.8. The fourth-order valence-corrected chi connectivity index (χ4v) is 4.36. The van der Waals surface area contributed by atoms with Crippen molar-refractivity contribution in [3.05, 3.63) is 76.0 Å². The number of aryl methyl sites for hydroxylation is 1. The van der Waals surface area contributed by atoms with Crippen LogP contribution in [-0.4, -0.2) is 52.2 Å². The van der Waals surface area contributed by atoms with E-state index in [-0.39, 0.29) is 25.9 Å². The Hall–Kier alpha value is -3.53. The molecule has 0 spiro atoms. The van der Waals surface area contributed by atoms with Gasteiger partial charge in [0.2, 0.25) is 0 Å². The van der Waals surface area contributed by atoms with Crippen molar-refractivity contribution < 1.29 is 23.8 Å². The standard InChI is InChI=1S/C27H29BrN4O5/c1-5-35-26(34)37-16-27(3,4)25(33)36-13-11-21-24-30-15-17(2)32(24)22-10-9-18(28)14-19(22)23(31-21)20-8-6-7-12-29-20/h6-10,12,14-15,21H,5,11,13,16H2,1-4H3/t21-/m0/s1. The van der Waals surface area contributed by atoms with E-state index in [4.69, 9.17) is 19.2 Å². The van der Waals surface area contributed by atoms with Gasteiger partial charge in [0.05, 0.1) is 35.7 Å². The smallest absolute Gasteiger partial charge is 0.465 e. The van der Waals surface area contributed by atoms with Crippen LogP contribution in [0.25, 0.3) is 5.69 Å². The fraction of sp³-hybridized carbons (Fsp3) is 0.370. The number of ether oxygens (including phenoxy) is 3. The lowest BCUT2D eigenvalue weighted by Crippen LogP contribution is -2.33. The molecule has 1 aliphatic heterocycles. The molecule has 0 amide bonds. The summed E-state index contributed by atoms with van der Waals surface area (Å²) in [7, 11) is 0. The van der Waals surface area contributed by atoms with E-state index in [1.54, 1.807) is 27.0 Å². The molecule has 0 radical (unpaired) electrons. The topological polar surface area (TPSA) is 105 Å². The summed E-state index contributed by atoms with van der Waals surface area (Å²) in [6.07, 6.45) is 3.15. The molecule has 0 saturated heterocycles. The molecule has 10 heteroatoms. The van der Waals surface area contributed by atoms with Crippen molar-refractivity contribution in [2.24, 2.45) is 10.4 Å². The average Bonchev–Trinajstić information content (AvgIpc) is 3.20. The minimum atomic E-state index is -1.03. The SMILES string of the molecule is CCOC(=O)OCC(C)(C)C(=O)OCC[C@@H]1N=C(c2ccccn2)c2cc(Br)ccc2-n2c(C)cnc21. The maximum Gasteiger partial charge on any atom is 0.508 e. The average molecular weight is 569 g/mol. The minimum absolute atomic E-state index is 0.108.